The Balaban J connectivity index is 1.87. The van der Waals surface area contributed by atoms with Gasteiger partial charge < -0.3 is 28.4 Å². The Bertz CT molecular complexity index is 1010. The van der Waals surface area contributed by atoms with Crippen molar-refractivity contribution in [1.82, 2.24) is 0 Å². The quantitative estimate of drug-likeness (QED) is 0.184. The van der Waals surface area contributed by atoms with Crippen LogP contribution in [0, 0.1) is 0 Å². The zero-order chi connectivity index (χ0) is 29.0. The Morgan fingerprint density at radius 1 is 0.600 bits per heavy atom. The number of methoxy groups -OCH3 is 2. The van der Waals surface area contributed by atoms with Crippen molar-refractivity contribution in [3.8, 4) is 11.1 Å². The van der Waals surface area contributed by atoms with Crippen LogP contribution in [0.2, 0.25) is 0 Å². The highest BCUT2D eigenvalue weighted by Crippen LogP contribution is 2.54. The zero-order valence-electron chi connectivity index (χ0n) is 26.0. The molecule has 0 aliphatic heterocycles. The molecule has 224 valence electrons. The van der Waals surface area contributed by atoms with E-state index in [4.69, 9.17) is 28.4 Å². The minimum atomic E-state index is -0.190. The summed E-state index contributed by atoms with van der Waals surface area (Å²) in [5.74, 6) is 0.456. The first-order chi connectivity index (χ1) is 19.2. The van der Waals surface area contributed by atoms with Crippen LogP contribution in [0.4, 0.5) is 0 Å². The third kappa shape index (κ3) is 8.60. The molecule has 0 radical (unpaired) electrons. The van der Waals surface area contributed by atoms with Gasteiger partial charge in [-0.1, -0.05) is 71.0 Å². The van der Waals surface area contributed by atoms with Crippen LogP contribution in [-0.2, 0) is 39.3 Å². The van der Waals surface area contributed by atoms with Crippen molar-refractivity contribution < 1.29 is 28.4 Å². The van der Waals surface area contributed by atoms with E-state index in [1.54, 1.807) is 14.2 Å². The summed E-state index contributed by atoms with van der Waals surface area (Å²) < 4.78 is 33.7. The van der Waals surface area contributed by atoms with Gasteiger partial charge in [0.05, 0.1) is 52.9 Å². The van der Waals surface area contributed by atoms with E-state index in [-0.39, 0.29) is 10.8 Å². The number of hydrogen-bond acceptors (Lipinski definition) is 6. The fraction of sp³-hybridized carbons (Fsp3) is 0.647. The predicted octanol–water partition coefficient (Wildman–Crippen LogP) is 6.51. The SMILES string of the molecule is COCCOCCOCCC1(CCOCCOCCOC)c2cc(C(C)C)ccc2-c2ccc(C(C)(C)C)cc21. The molecule has 0 heterocycles. The Labute approximate surface area is 242 Å². The molecule has 0 saturated carbocycles. The highest BCUT2D eigenvalue weighted by Gasteiger charge is 2.43. The van der Waals surface area contributed by atoms with Crippen LogP contribution in [0.1, 0.15) is 75.6 Å². The van der Waals surface area contributed by atoms with Crippen LogP contribution >= 0.6 is 0 Å². The lowest BCUT2D eigenvalue weighted by Gasteiger charge is -2.34. The first kappa shape index (κ1) is 32.7. The first-order valence-corrected chi connectivity index (χ1v) is 14.8. The highest BCUT2D eigenvalue weighted by molar-refractivity contribution is 5.82. The number of rotatable bonds is 19. The topological polar surface area (TPSA) is 55.4 Å². The van der Waals surface area contributed by atoms with Crippen molar-refractivity contribution in [2.24, 2.45) is 0 Å². The molecule has 0 N–H and O–H groups in total. The van der Waals surface area contributed by atoms with Gasteiger partial charge in [0, 0.05) is 32.8 Å². The van der Waals surface area contributed by atoms with Crippen molar-refractivity contribution in [3.05, 3.63) is 58.7 Å². The normalized spacial score (nSPS) is 14.1. The van der Waals surface area contributed by atoms with E-state index in [1.807, 2.05) is 0 Å². The van der Waals surface area contributed by atoms with Crippen molar-refractivity contribution in [2.75, 3.05) is 80.3 Å². The van der Waals surface area contributed by atoms with Gasteiger partial charge in [-0.05, 0) is 57.6 Å². The Morgan fingerprint density at radius 2 is 1.05 bits per heavy atom. The summed E-state index contributed by atoms with van der Waals surface area (Å²) in [5.41, 5.74) is 8.07. The molecule has 0 amide bonds. The molecule has 0 atom stereocenters. The van der Waals surface area contributed by atoms with E-state index in [2.05, 4.69) is 71.0 Å². The van der Waals surface area contributed by atoms with E-state index < -0.39 is 0 Å². The molecule has 2 aromatic rings. The van der Waals surface area contributed by atoms with E-state index in [0.717, 1.165) is 12.8 Å². The number of benzene rings is 2. The van der Waals surface area contributed by atoms with E-state index in [1.165, 1.54) is 33.4 Å². The van der Waals surface area contributed by atoms with Gasteiger partial charge in [-0.3, -0.25) is 0 Å². The Hall–Kier alpha value is -1.80. The summed E-state index contributed by atoms with van der Waals surface area (Å²) in [6.07, 6.45) is 1.77. The van der Waals surface area contributed by atoms with E-state index >= 15 is 0 Å². The van der Waals surface area contributed by atoms with Gasteiger partial charge in [0.15, 0.2) is 0 Å². The molecule has 0 fully saturated rings. The van der Waals surface area contributed by atoms with Crippen molar-refractivity contribution in [3.63, 3.8) is 0 Å². The molecule has 3 rings (SSSR count). The second-order valence-corrected chi connectivity index (χ2v) is 12.0. The predicted molar refractivity (Wildman–Crippen MR) is 162 cm³/mol. The van der Waals surface area contributed by atoms with Crippen LogP contribution in [0.3, 0.4) is 0 Å². The summed E-state index contributed by atoms with van der Waals surface area (Å²) in [6, 6.07) is 14.2. The smallest absolute Gasteiger partial charge is 0.0701 e. The summed E-state index contributed by atoms with van der Waals surface area (Å²) >= 11 is 0. The average Bonchev–Trinajstić information content (AvgIpc) is 3.20. The maximum Gasteiger partial charge on any atom is 0.0701 e. The molecular weight excluding hydrogens is 504 g/mol. The van der Waals surface area contributed by atoms with Crippen LogP contribution in [-0.4, -0.2) is 80.3 Å². The van der Waals surface area contributed by atoms with Crippen LogP contribution in [0.25, 0.3) is 11.1 Å². The fourth-order valence-corrected chi connectivity index (χ4v) is 5.42. The molecule has 1 aliphatic carbocycles. The highest BCUT2D eigenvalue weighted by atomic mass is 16.5. The van der Waals surface area contributed by atoms with Gasteiger partial charge in [-0.15, -0.1) is 0 Å². The Morgan fingerprint density at radius 3 is 1.52 bits per heavy atom. The van der Waals surface area contributed by atoms with Crippen LogP contribution in [0.15, 0.2) is 36.4 Å². The van der Waals surface area contributed by atoms with Crippen LogP contribution in [0.5, 0.6) is 0 Å². The molecule has 0 saturated heterocycles. The number of fused-ring (bicyclic) bond motifs is 3. The molecule has 6 nitrogen and oxygen atoms in total. The van der Waals surface area contributed by atoms with Crippen molar-refractivity contribution in [2.45, 2.75) is 64.2 Å². The monoisotopic (exact) mass is 556 g/mol. The molecule has 0 unspecified atom stereocenters. The second kappa shape index (κ2) is 16.0. The van der Waals surface area contributed by atoms with Gasteiger partial charge in [0.2, 0.25) is 0 Å². The van der Waals surface area contributed by atoms with Gasteiger partial charge in [0.25, 0.3) is 0 Å². The molecular formula is C34H52O6. The van der Waals surface area contributed by atoms with E-state index in [0.29, 0.717) is 72.0 Å². The average molecular weight is 557 g/mol. The molecule has 0 spiro atoms. The molecule has 0 aromatic heterocycles. The fourth-order valence-electron chi connectivity index (χ4n) is 5.42. The van der Waals surface area contributed by atoms with Gasteiger partial charge in [-0.2, -0.15) is 0 Å². The first-order valence-electron chi connectivity index (χ1n) is 14.8. The lowest BCUT2D eigenvalue weighted by atomic mass is 9.71. The number of hydrogen-bond donors (Lipinski definition) is 0. The van der Waals surface area contributed by atoms with Gasteiger partial charge >= 0.3 is 0 Å². The van der Waals surface area contributed by atoms with Crippen LogP contribution < -0.4 is 0 Å². The second-order valence-electron chi connectivity index (χ2n) is 12.0. The third-order valence-corrected chi connectivity index (χ3v) is 7.87. The maximum atomic E-state index is 6.15. The summed E-state index contributed by atoms with van der Waals surface area (Å²) in [5, 5.41) is 0. The van der Waals surface area contributed by atoms with E-state index in [9.17, 15) is 0 Å². The summed E-state index contributed by atoms with van der Waals surface area (Å²) in [4.78, 5) is 0. The largest absolute Gasteiger partial charge is 0.382 e. The molecule has 6 heteroatoms. The number of ether oxygens (including phenoxy) is 6. The lowest BCUT2D eigenvalue weighted by Crippen LogP contribution is -2.30. The summed E-state index contributed by atoms with van der Waals surface area (Å²) in [7, 11) is 3.37. The molecule has 0 bridgehead atoms. The van der Waals surface area contributed by atoms with Gasteiger partial charge in [-0.25, -0.2) is 0 Å². The zero-order valence-corrected chi connectivity index (χ0v) is 26.0. The third-order valence-electron chi connectivity index (χ3n) is 7.87. The maximum absolute atomic E-state index is 6.15. The van der Waals surface area contributed by atoms with Crippen molar-refractivity contribution in [1.29, 1.82) is 0 Å². The summed E-state index contributed by atoms with van der Waals surface area (Å²) in [6.45, 7) is 17.4. The lowest BCUT2D eigenvalue weighted by molar-refractivity contribution is 0.0145. The standard InChI is InChI=1S/C34H52O6/c1-26(2)27-8-10-29-30-11-9-28(33(3,4)5)25-32(30)34(31(29)24-27,12-14-37-20-22-39-18-16-35-6)13-15-38-21-23-40-19-17-36-7/h8-11,24-26H,12-23H2,1-7H3. The molecule has 40 heavy (non-hydrogen) atoms. The molecule has 2 aromatic carbocycles. The Kier molecular flexibility index (Phi) is 13.1. The minimum absolute atomic E-state index is 0.0602. The minimum Gasteiger partial charge on any atom is -0.382 e. The van der Waals surface area contributed by atoms with Gasteiger partial charge in [0.1, 0.15) is 0 Å². The van der Waals surface area contributed by atoms with Crippen molar-refractivity contribution >= 4 is 0 Å². The molecule has 1 aliphatic rings.